The molecule has 3 rings (SSSR count). The fourth-order valence-corrected chi connectivity index (χ4v) is 3.61. The Labute approximate surface area is 157 Å². The summed E-state index contributed by atoms with van der Waals surface area (Å²) in [6, 6.07) is 11.6. The minimum absolute atomic E-state index is 0.0435. The largest absolute Gasteiger partial charge is 0.492 e. The topological polar surface area (TPSA) is 66.8 Å². The van der Waals surface area contributed by atoms with E-state index in [0.29, 0.717) is 41.5 Å². The van der Waals surface area contributed by atoms with Crippen molar-refractivity contribution in [2.24, 2.45) is 0 Å². The van der Waals surface area contributed by atoms with Crippen LogP contribution in [0.3, 0.4) is 0 Å². The highest BCUT2D eigenvalue weighted by Crippen LogP contribution is 2.33. The molecule has 1 atom stereocenters. The molecule has 1 amide bonds. The van der Waals surface area contributed by atoms with Crippen molar-refractivity contribution < 1.29 is 19.4 Å². The number of hydrogen-bond donors (Lipinski definition) is 1. The summed E-state index contributed by atoms with van der Waals surface area (Å²) < 4.78 is 5.57. The van der Waals surface area contributed by atoms with Gasteiger partial charge in [0.2, 0.25) is 5.91 Å². The number of carboxylic acid groups (broad SMARTS) is 1. The number of fused-ring (bicyclic) bond motifs is 1. The number of rotatable bonds is 5. The number of ether oxygens (including phenoxy) is 1. The number of para-hydroxylation sites is 1. The van der Waals surface area contributed by atoms with Gasteiger partial charge in [0.05, 0.1) is 18.1 Å². The summed E-state index contributed by atoms with van der Waals surface area (Å²) in [5, 5.41) is 10.2. The minimum atomic E-state index is -1.03. The Balaban J connectivity index is 1.89. The molecule has 2 aromatic carbocycles. The Hall–Kier alpha value is -2.53. The van der Waals surface area contributed by atoms with Crippen molar-refractivity contribution in [3.63, 3.8) is 0 Å². The van der Waals surface area contributed by atoms with Gasteiger partial charge in [-0.2, -0.15) is 0 Å². The molecule has 5 nitrogen and oxygen atoms in total. The van der Waals surface area contributed by atoms with Crippen LogP contribution >= 0.6 is 11.6 Å². The quantitative estimate of drug-likeness (QED) is 0.871. The third kappa shape index (κ3) is 3.53. The van der Waals surface area contributed by atoms with Crippen molar-refractivity contribution >= 4 is 23.5 Å². The second-order valence-electron chi connectivity index (χ2n) is 6.11. The van der Waals surface area contributed by atoms with Gasteiger partial charge in [0, 0.05) is 12.1 Å². The number of amides is 1. The maximum absolute atomic E-state index is 12.9. The van der Waals surface area contributed by atoms with E-state index in [1.165, 1.54) is 4.90 Å². The van der Waals surface area contributed by atoms with E-state index < -0.39 is 12.0 Å². The molecule has 0 saturated carbocycles. The number of nitrogens with zero attached hydrogens (tertiary/aromatic N) is 1. The standard InChI is InChI=1S/C20H20ClNO4/c1-2-26-19-14(7-5-9-16(19)21)12-17(23)22-11-10-13-6-3-4-8-15(13)18(22)20(24)25/h3-9,18H,2,10-12H2,1H3,(H,24,25). The second kappa shape index (κ2) is 7.79. The lowest BCUT2D eigenvalue weighted by Crippen LogP contribution is -2.44. The van der Waals surface area contributed by atoms with Crippen LogP contribution in [0, 0.1) is 0 Å². The van der Waals surface area contributed by atoms with Gasteiger partial charge in [0.25, 0.3) is 0 Å². The molecule has 26 heavy (non-hydrogen) atoms. The molecule has 0 spiro atoms. The molecular formula is C20H20ClNO4. The van der Waals surface area contributed by atoms with Gasteiger partial charge in [0.15, 0.2) is 6.04 Å². The van der Waals surface area contributed by atoms with Gasteiger partial charge in [-0.15, -0.1) is 0 Å². The van der Waals surface area contributed by atoms with Crippen molar-refractivity contribution in [1.29, 1.82) is 0 Å². The van der Waals surface area contributed by atoms with Crippen molar-refractivity contribution in [3.8, 4) is 5.75 Å². The molecule has 1 N–H and O–H groups in total. The smallest absolute Gasteiger partial charge is 0.331 e. The maximum Gasteiger partial charge on any atom is 0.331 e. The molecule has 1 aliphatic rings. The maximum atomic E-state index is 12.9. The first-order valence-corrected chi connectivity index (χ1v) is 8.91. The van der Waals surface area contributed by atoms with E-state index >= 15 is 0 Å². The minimum Gasteiger partial charge on any atom is -0.492 e. The first-order chi connectivity index (χ1) is 12.5. The number of aliphatic carboxylic acids is 1. The number of carboxylic acids is 1. The third-order valence-corrected chi connectivity index (χ3v) is 4.81. The molecular weight excluding hydrogens is 354 g/mol. The van der Waals surface area contributed by atoms with Gasteiger partial charge in [-0.3, -0.25) is 4.79 Å². The molecule has 0 bridgehead atoms. The zero-order valence-corrected chi connectivity index (χ0v) is 15.2. The zero-order valence-electron chi connectivity index (χ0n) is 14.4. The lowest BCUT2D eigenvalue weighted by Gasteiger charge is -2.35. The van der Waals surface area contributed by atoms with Crippen molar-refractivity contribution in [2.45, 2.75) is 25.8 Å². The molecule has 0 aromatic heterocycles. The number of carbonyl (C=O) groups is 2. The van der Waals surface area contributed by atoms with E-state index in [1.54, 1.807) is 30.3 Å². The first-order valence-electron chi connectivity index (χ1n) is 8.53. The zero-order chi connectivity index (χ0) is 18.7. The van der Waals surface area contributed by atoms with Crippen LogP contribution in [0.1, 0.15) is 29.7 Å². The van der Waals surface area contributed by atoms with Crippen LogP contribution in [0.5, 0.6) is 5.75 Å². The molecule has 0 saturated heterocycles. The molecule has 1 heterocycles. The predicted molar refractivity (Wildman–Crippen MR) is 98.6 cm³/mol. The van der Waals surface area contributed by atoms with E-state index in [-0.39, 0.29) is 12.3 Å². The number of halogens is 1. The molecule has 0 aliphatic carbocycles. The Morgan fingerprint density at radius 3 is 2.73 bits per heavy atom. The van der Waals surface area contributed by atoms with E-state index in [9.17, 15) is 14.7 Å². The summed E-state index contributed by atoms with van der Waals surface area (Å²) in [7, 11) is 0. The van der Waals surface area contributed by atoms with Crippen LogP contribution in [0.15, 0.2) is 42.5 Å². The van der Waals surface area contributed by atoms with E-state index in [2.05, 4.69) is 0 Å². The number of hydrogen-bond acceptors (Lipinski definition) is 3. The highest BCUT2D eigenvalue weighted by Gasteiger charge is 2.35. The van der Waals surface area contributed by atoms with Crippen LogP contribution in [0.25, 0.3) is 0 Å². The predicted octanol–water partition coefficient (Wildman–Crippen LogP) is 3.49. The summed E-state index contributed by atoms with van der Waals surface area (Å²) in [6.45, 7) is 2.65. The van der Waals surface area contributed by atoms with Crippen LogP contribution < -0.4 is 4.74 Å². The lowest BCUT2D eigenvalue weighted by atomic mass is 9.92. The van der Waals surface area contributed by atoms with Crippen molar-refractivity contribution in [3.05, 3.63) is 64.2 Å². The summed E-state index contributed by atoms with van der Waals surface area (Å²) in [5.41, 5.74) is 2.31. The van der Waals surface area contributed by atoms with Crippen LogP contribution in [-0.2, 0) is 22.4 Å². The third-order valence-electron chi connectivity index (χ3n) is 4.52. The van der Waals surface area contributed by atoms with Gasteiger partial charge in [-0.05, 0) is 30.5 Å². The lowest BCUT2D eigenvalue weighted by molar-refractivity contribution is -0.151. The monoisotopic (exact) mass is 373 g/mol. The van der Waals surface area contributed by atoms with Crippen LogP contribution in [-0.4, -0.2) is 35.0 Å². The average Bonchev–Trinajstić information content (AvgIpc) is 2.63. The Bertz CT molecular complexity index is 836. The molecule has 0 radical (unpaired) electrons. The fraction of sp³-hybridized carbons (Fsp3) is 0.300. The van der Waals surface area contributed by atoms with E-state index in [4.69, 9.17) is 16.3 Å². The normalized spacial score (nSPS) is 16.1. The summed E-state index contributed by atoms with van der Waals surface area (Å²) in [4.78, 5) is 26.2. The molecule has 0 fully saturated rings. The second-order valence-corrected chi connectivity index (χ2v) is 6.52. The SMILES string of the molecule is CCOc1c(Cl)cccc1CC(=O)N1CCc2ccccc2C1C(=O)O. The van der Waals surface area contributed by atoms with Crippen molar-refractivity contribution in [1.82, 2.24) is 4.90 Å². The Morgan fingerprint density at radius 2 is 2.00 bits per heavy atom. The molecule has 136 valence electrons. The van der Waals surface area contributed by atoms with Gasteiger partial charge in [0.1, 0.15) is 5.75 Å². The molecule has 2 aromatic rings. The average molecular weight is 374 g/mol. The van der Waals surface area contributed by atoms with Crippen molar-refractivity contribution in [2.75, 3.05) is 13.2 Å². The number of carbonyl (C=O) groups excluding carboxylic acids is 1. The molecule has 1 unspecified atom stereocenters. The van der Waals surface area contributed by atoms with E-state index in [1.807, 2.05) is 19.1 Å². The fourth-order valence-electron chi connectivity index (χ4n) is 3.36. The van der Waals surface area contributed by atoms with Gasteiger partial charge in [-0.1, -0.05) is 48.0 Å². The highest BCUT2D eigenvalue weighted by atomic mass is 35.5. The summed E-state index contributed by atoms with van der Waals surface area (Å²) in [5.74, 6) is -0.800. The summed E-state index contributed by atoms with van der Waals surface area (Å²) >= 11 is 6.18. The number of benzene rings is 2. The van der Waals surface area contributed by atoms with Gasteiger partial charge >= 0.3 is 5.97 Å². The summed E-state index contributed by atoms with van der Waals surface area (Å²) in [6.07, 6.45) is 0.682. The Morgan fingerprint density at radius 1 is 1.23 bits per heavy atom. The van der Waals surface area contributed by atoms with Crippen LogP contribution in [0.4, 0.5) is 0 Å². The Kier molecular flexibility index (Phi) is 5.47. The van der Waals surface area contributed by atoms with Crippen LogP contribution in [0.2, 0.25) is 5.02 Å². The van der Waals surface area contributed by atoms with Gasteiger partial charge in [-0.25, -0.2) is 4.79 Å². The molecule has 6 heteroatoms. The highest BCUT2D eigenvalue weighted by molar-refractivity contribution is 6.32. The van der Waals surface area contributed by atoms with Gasteiger partial charge < -0.3 is 14.7 Å². The van der Waals surface area contributed by atoms with E-state index in [0.717, 1.165) is 5.56 Å². The first kappa shape index (κ1) is 18.3. The molecule has 1 aliphatic heterocycles.